The van der Waals surface area contributed by atoms with Crippen LogP contribution >= 0.6 is 11.8 Å². The molecule has 0 saturated heterocycles. The fourth-order valence-electron chi connectivity index (χ4n) is 5.01. The average molecular weight is 783 g/mol. The number of pyridine rings is 2. The van der Waals surface area contributed by atoms with Gasteiger partial charge in [0.15, 0.2) is 11.5 Å². The molecule has 9 nitrogen and oxygen atoms in total. The van der Waals surface area contributed by atoms with Crippen molar-refractivity contribution in [1.29, 1.82) is 0 Å². The summed E-state index contributed by atoms with van der Waals surface area (Å²) in [6.45, 7) is 3.14. The maximum atomic E-state index is 14.4. The first-order valence-electron chi connectivity index (χ1n) is 15.2. The van der Waals surface area contributed by atoms with E-state index in [0.29, 0.717) is 28.0 Å². The van der Waals surface area contributed by atoms with E-state index in [2.05, 4.69) is 19.9 Å². The summed E-state index contributed by atoms with van der Waals surface area (Å²) in [4.78, 5) is 42.5. The van der Waals surface area contributed by atoms with Crippen LogP contribution in [0.4, 0.5) is 40.9 Å². The first kappa shape index (κ1) is 39.2. The molecular formula is C34H26F8N6O3S2. The van der Waals surface area contributed by atoms with Crippen LogP contribution in [0.1, 0.15) is 22.3 Å². The maximum absolute atomic E-state index is 14.4. The number of aromatic nitrogens is 4. The molecule has 0 radical (unpaired) electrons. The Labute approximate surface area is 302 Å². The highest BCUT2D eigenvalue weighted by molar-refractivity contribution is 7.99. The number of carbonyl (C=O) groups is 1. The second-order valence-electron chi connectivity index (χ2n) is 11.5. The lowest BCUT2D eigenvalue weighted by atomic mass is 10.1. The summed E-state index contributed by atoms with van der Waals surface area (Å²) in [5.41, 5.74) is 0.500. The lowest BCUT2D eigenvalue weighted by Crippen LogP contribution is -2.32. The topological polar surface area (TPSA) is 110 Å². The average Bonchev–Trinajstić information content (AvgIpc) is 3.08. The summed E-state index contributed by atoms with van der Waals surface area (Å²) in [7, 11) is -2.43. The van der Waals surface area contributed by atoms with Crippen LogP contribution in [0.2, 0.25) is 0 Å². The Hall–Kier alpha value is -5.04. The number of nitrogens with zero attached hydrogens (tertiary/aromatic N) is 6. The quantitative estimate of drug-likeness (QED) is 0.126. The fourth-order valence-corrected chi connectivity index (χ4v) is 6.96. The largest absolute Gasteiger partial charge is 0.400 e. The van der Waals surface area contributed by atoms with E-state index in [-0.39, 0.29) is 45.7 Å². The molecule has 0 fully saturated rings. The number of aliphatic imine (C=N–C) groups is 1. The minimum atomic E-state index is -4.64. The van der Waals surface area contributed by atoms with Crippen LogP contribution in [-0.2, 0) is 28.6 Å². The number of thioether (sulfide) groups is 1. The zero-order valence-corrected chi connectivity index (χ0v) is 29.1. The fraction of sp³-hybridized carbons (Fsp3) is 0.235. The molecule has 1 aliphatic heterocycles. The molecule has 1 unspecified atom stereocenters. The molecule has 19 heteroatoms. The second kappa shape index (κ2) is 15.9. The molecule has 3 aromatic heterocycles. The van der Waals surface area contributed by atoms with Crippen molar-refractivity contribution in [2.24, 2.45) is 4.99 Å². The van der Waals surface area contributed by atoms with Gasteiger partial charge in [-0.1, -0.05) is 6.07 Å². The number of aryl methyl sites for hydroxylation is 2. The van der Waals surface area contributed by atoms with Crippen molar-refractivity contribution < 1.29 is 44.1 Å². The summed E-state index contributed by atoms with van der Waals surface area (Å²) < 4.78 is 116. The van der Waals surface area contributed by atoms with Crippen molar-refractivity contribution in [3.8, 4) is 5.69 Å². The Morgan fingerprint density at radius 1 is 0.906 bits per heavy atom. The monoisotopic (exact) mass is 782 g/mol. The molecule has 1 atom stereocenters. The highest BCUT2D eigenvalue weighted by atomic mass is 32.2. The van der Waals surface area contributed by atoms with Crippen molar-refractivity contribution >= 4 is 51.7 Å². The summed E-state index contributed by atoms with van der Waals surface area (Å²) in [5.74, 6) is -3.98. The van der Waals surface area contributed by atoms with Gasteiger partial charge >= 0.3 is 12.4 Å². The normalized spacial score (nSPS) is 13.4. The van der Waals surface area contributed by atoms with Gasteiger partial charge in [-0.15, -0.1) is 11.8 Å². The number of carbonyl (C=O) groups excluding carboxylic acids is 1. The van der Waals surface area contributed by atoms with Gasteiger partial charge in [0.1, 0.15) is 30.1 Å². The molecule has 5 aromatic rings. The van der Waals surface area contributed by atoms with E-state index >= 15 is 0 Å². The van der Waals surface area contributed by atoms with Gasteiger partial charge in [-0.3, -0.25) is 23.3 Å². The van der Waals surface area contributed by atoms with Crippen LogP contribution in [0.15, 0.2) is 86.8 Å². The van der Waals surface area contributed by atoms with Gasteiger partial charge in [0.2, 0.25) is 5.91 Å². The van der Waals surface area contributed by atoms with Crippen LogP contribution in [0.3, 0.4) is 0 Å². The molecule has 0 N–H and O–H groups in total. The van der Waals surface area contributed by atoms with Gasteiger partial charge in [0.05, 0.1) is 40.6 Å². The van der Waals surface area contributed by atoms with E-state index in [9.17, 15) is 48.9 Å². The van der Waals surface area contributed by atoms with Gasteiger partial charge in [-0.05, 0) is 73.0 Å². The third-order valence-electron chi connectivity index (χ3n) is 7.50. The highest BCUT2D eigenvalue weighted by Gasteiger charge is 2.32. The number of hydrogen-bond donors (Lipinski definition) is 0. The van der Waals surface area contributed by atoms with Crippen LogP contribution in [0.5, 0.6) is 0 Å². The molecule has 4 heterocycles. The molecule has 2 aromatic carbocycles. The third-order valence-corrected chi connectivity index (χ3v) is 10.2. The summed E-state index contributed by atoms with van der Waals surface area (Å²) in [6.07, 6.45) is -3.84. The number of hydrogen-bond acceptors (Lipinski definition) is 8. The number of benzene rings is 2. The molecule has 278 valence electrons. The zero-order chi connectivity index (χ0) is 38.7. The molecule has 6 rings (SSSR count). The van der Waals surface area contributed by atoms with Crippen molar-refractivity contribution in [1.82, 2.24) is 24.4 Å². The number of amides is 1. The van der Waals surface area contributed by atoms with Crippen LogP contribution in [-0.4, -0.2) is 64.7 Å². The Bertz CT molecular complexity index is 2300. The van der Waals surface area contributed by atoms with Crippen molar-refractivity contribution in [3.05, 3.63) is 111 Å². The zero-order valence-electron chi connectivity index (χ0n) is 27.5. The summed E-state index contributed by atoms with van der Waals surface area (Å²) >= 11 is 0.579. The SMILES string of the molecule is Cc1cc(F)c(-n2cnc3ncccc3c2=O)cc1S(=O)CC(F)(F)F.Cc1cc(F)c(CC(=O)N2C=Nc3ncccc3C2)cc1SCC(F)(F)F. The predicted octanol–water partition coefficient (Wildman–Crippen LogP) is 7.33. The van der Waals surface area contributed by atoms with Gasteiger partial charge in [0.25, 0.3) is 5.56 Å². The number of rotatable bonds is 7. The summed E-state index contributed by atoms with van der Waals surface area (Å²) in [5, 5.41) is 0.118. The standard InChI is InChI=1S/C18H15F4N3OS.C16H11F4N3O2S/c1-11-5-14(19)13(6-15(11)27-9-18(20,21)22)7-16(26)25-8-12-3-2-4-23-17(12)24-10-25;1-9-5-11(17)12(6-13(9)26(25)7-16(18,19)20)23-8-22-14-10(15(23)24)3-2-4-21-14/h2-6,10H,7-9H2,1H3;2-6,8H,7H2,1H3. The molecule has 0 aliphatic carbocycles. The van der Waals surface area contributed by atoms with E-state index in [0.717, 1.165) is 34.7 Å². The Morgan fingerprint density at radius 3 is 2.32 bits per heavy atom. The lowest BCUT2D eigenvalue weighted by Gasteiger charge is -2.22. The van der Waals surface area contributed by atoms with E-state index in [4.69, 9.17) is 0 Å². The second-order valence-corrected chi connectivity index (χ2v) is 13.9. The molecule has 0 bridgehead atoms. The minimum Gasteiger partial charge on any atom is -0.298 e. The predicted molar refractivity (Wildman–Crippen MR) is 182 cm³/mol. The lowest BCUT2D eigenvalue weighted by molar-refractivity contribution is -0.127. The third kappa shape index (κ3) is 9.89. The number of alkyl halides is 6. The molecule has 0 spiro atoms. The minimum absolute atomic E-state index is 0.0562. The van der Waals surface area contributed by atoms with Gasteiger partial charge < -0.3 is 0 Å². The number of halogens is 8. The van der Waals surface area contributed by atoms with E-state index in [1.54, 1.807) is 18.3 Å². The van der Waals surface area contributed by atoms with E-state index in [1.807, 2.05) is 0 Å². The molecule has 1 amide bonds. The van der Waals surface area contributed by atoms with Crippen LogP contribution < -0.4 is 5.56 Å². The summed E-state index contributed by atoms with van der Waals surface area (Å²) in [6, 6.07) is 10.9. The molecule has 53 heavy (non-hydrogen) atoms. The van der Waals surface area contributed by atoms with Crippen LogP contribution in [0.25, 0.3) is 16.7 Å². The van der Waals surface area contributed by atoms with E-state index < -0.39 is 57.8 Å². The maximum Gasteiger partial charge on any atom is 0.400 e. The first-order valence-corrected chi connectivity index (χ1v) is 17.5. The first-order chi connectivity index (χ1) is 24.9. The molecule has 1 aliphatic rings. The smallest absolute Gasteiger partial charge is 0.298 e. The van der Waals surface area contributed by atoms with Crippen molar-refractivity contribution in [2.75, 3.05) is 11.5 Å². The highest BCUT2D eigenvalue weighted by Crippen LogP contribution is 2.32. The molecule has 0 saturated carbocycles. The van der Waals surface area contributed by atoms with E-state index in [1.165, 1.54) is 49.5 Å². The molecular weight excluding hydrogens is 757 g/mol. The number of fused-ring (bicyclic) bond motifs is 2. The Morgan fingerprint density at radius 2 is 1.60 bits per heavy atom. The van der Waals surface area contributed by atoms with Crippen LogP contribution in [0, 0.1) is 25.5 Å². The van der Waals surface area contributed by atoms with Gasteiger partial charge in [-0.2, -0.15) is 26.3 Å². The van der Waals surface area contributed by atoms with Gasteiger partial charge in [0, 0.05) is 27.7 Å². The van der Waals surface area contributed by atoms with Crippen molar-refractivity contribution in [2.45, 2.75) is 49.0 Å². The Balaban J connectivity index is 0.000000204. The van der Waals surface area contributed by atoms with Gasteiger partial charge in [-0.25, -0.2) is 28.7 Å². The van der Waals surface area contributed by atoms with Crippen molar-refractivity contribution in [3.63, 3.8) is 0 Å². The Kier molecular flexibility index (Phi) is 11.8.